The first kappa shape index (κ1) is 14.0. The summed E-state index contributed by atoms with van der Waals surface area (Å²) in [7, 11) is 3.58. The first-order valence-corrected chi connectivity index (χ1v) is 7.44. The van der Waals surface area contributed by atoms with Crippen molar-refractivity contribution >= 4 is 5.82 Å². The van der Waals surface area contributed by atoms with Crippen molar-refractivity contribution in [3.63, 3.8) is 0 Å². The van der Waals surface area contributed by atoms with E-state index in [2.05, 4.69) is 34.6 Å². The molecule has 0 amide bonds. The molecule has 110 valence electrons. The second kappa shape index (κ2) is 6.22. The molecule has 1 atom stereocenters. The average molecular weight is 283 g/mol. The minimum Gasteiger partial charge on any atom is -0.378 e. The van der Waals surface area contributed by atoms with E-state index in [9.17, 15) is 0 Å². The van der Waals surface area contributed by atoms with Crippen LogP contribution in [0.5, 0.6) is 0 Å². The van der Waals surface area contributed by atoms with Gasteiger partial charge in [0.15, 0.2) is 0 Å². The lowest BCUT2D eigenvalue weighted by molar-refractivity contribution is 0.181. The van der Waals surface area contributed by atoms with Crippen molar-refractivity contribution in [1.29, 1.82) is 0 Å². The Hall–Kier alpha value is -1.94. The van der Waals surface area contributed by atoms with E-state index in [0.29, 0.717) is 12.5 Å². The molecule has 1 unspecified atom stereocenters. The molecule has 3 rings (SSSR count). The van der Waals surface area contributed by atoms with Crippen LogP contribution in [0.3, 0.4) is 0 Å². The van der Waals surface area contributed by atoms with Crippen LogP contribution in [-0.2, 0) is 17.8 Å². The molecule has 0 bridgehead atoms. The highest BCUT2D eigenvalue weighted by molar-refractivity contribution is 5.40. The van der Waals surface area contributed by atoms with Crippen LogP contribution in [0.2, 0.25) is 0 Å². The van der Waals surface area contributed by atoms with E-state index in [1.54, 1.807) is 7.11 Å². The molecular weight excluding hydrogens is 262 g/mol. The third-order valence-electron chi connectivity index (χ3n) is 4.03. The third-order valence-corrected chi connectivity index (χ3v) is 4.03. The Bertz CT molecular complexity index is 627. The van der Waals surface area contributed by atoms with Crippen molar-refractivity contribution in [3.8, 4) is 0 Å². The fraction of sp³-hybridized carbons (Fsp3) is 0.412. The predicted molar refractivity (Wildman–Crippen MR) is 83.5 cm³/mol. The number of benzene rings is 1. The van der Waals surface area contributed by atoms with Crippen LogP contribution in [0.1, 0.15) is 41.4 Å². The molecule has 0 fully saturated rings. The molecule has 1 aliphatic rings. The van der Waals surface area contributed by atoms with Crippen molar-refractivity contribution in [2.45, 2.75) is 31.8 Å². The summed E-state index contributed by atoms with van der Waals surface area (Å²) in [6.07, 6.45) is 3.45. The quantitative estimate of drug-likeness (QED) is 0.936. The number of nitrogens with one attached hydrogen (secondary N) is 1. The molecule has 1 heterocycles. The van der Waals surface area contributed by atoms with E-state index in [-0.39, 0.29) is 0 Å². The molecule has 21 heavy (non-hydrogen) atoms. The van der Waals surface area contributed by atoms with Gasteiger partial charge < -0.3 is 10.1 Å². The number of hydrogen-bond donors (Lipinski definition) is 1. The molecule has 0 saturated heterocycles. The number of ether oxygens (including phenoxy) is 1. The summed E-state index contributed by atoms with van der Waals surface area (Å²) in [6, 6.07) is 10.6. The minimum absolute atomic E-state index is 0.291. The van der Waals surface area contributed by atoms with Crippen LogP contribution in [0.25, 0.3) is 0 Å². The standard InChI is InChI=1S/C17H21N3O/c1-18-16-10-13(11-21-2)19-17(20-16)15-9-5-7-12-6-3-4-8-14(12)15/h3-4,6,8,10,15H,5,7,9,11H2,1-2H3,(H,18,19,20). The second-order valence-electron chi connectivity index (χ2n) is 5.43. The van der Waals surface area contributed by atoms with Gasteiger partial charge in [0.05, 0.1) is 12.3 Å². The zero-order valence-electron chi connectivity index (χ0n) is 12.6. The molecule has 1 aromatic heterocycles. The van der Waals surface area contributed by atoms with E-state index in [1.807, 2.05) is 13.1 Å². The summed E-state index contributed by atoms with van der Waals surface area (Å²) >= 11 is 0. The maximum Gasteiger partial charge on any atom is 0.138 e. The van der Waals surface area contributed by atoms with Gasteiger partial charge in [-0.05, 0) is 30.4 Å². The van der Waals surface area contributed by atoms with Gasteiger partial charge >= 0.3 is 0 Å². The molecule has 0 spiro atoms. The van der Waals surface area contributed by atoms with E-state index >= 15 is 0 Å². The molecule has 2 aromatic rings. The lowest BCUT2D eigenvalue weighted by Crippen LogP contribution is -2.15. The number of hydrogen-bond acceptors (Lipinski definition) is 4. The monoisotopic (exact) mass is 283 g/mol. The molecule has 0 aliphatic heterocycles. The summed E-state index contributed by atoms with van der Waals surface area (Å²) in [5.74, 6) is 2.05. The van der Waals surface area contributed by atoms with Crippen LogP contribution in [-0.4, -0.2) is 24.1 Å². The lowest BCUT2D eigenvalue weighted by atomic mass is 9.82. The number of aryl methyl sites for hydroxylation is 1. The van der Waals surface area contributed by atoms with E-state index in [0.717, 1.165) is 30.2 Å². The smallest absolute Gasteiger partial charge is 0.138 e. The zero-order chi connectivity index (χ0) is 14.7. The SMILES string of the molecule is CNc1cc(COC)nc(C2CCCc3ccccc32)n1. The van der Waals surface area contributed by atoms with Gasteiger partial charge in [-0.15, -0.1) is 0 Å². The summed E-state index contributed by atoms with van der Waals surface area (Å²) in [4.78, 5) is 9.40. The van der Waals surface area contributed by atoms with Gasteiger partial charge in [-0.3, -0.25) is 0 Å². The van der Waals surface area contributed by atoms with Crippen LogP contribution in [0.4, 0.5) is 5.82 Å². The Morgan fingerprint density at radius 2 is 2.14 bits per heavy atom. The molecule has 1 N–H and O–H groups in total. The highest BCUT2D eigenvalue weighted by Crippen LogP contribution is 2.35. The van der Waals surface area contributed by atoms with Gasteiger partial charge in [-0.2, -0.15) is 0 Å². The van der Waals surface area contributed by atoms with Gasteiger partial charge in [0.2, 0.25) is 0 Å². The van der Waals surface area contributed by atoms with Crippen molar-refractivity contribution in [2.24, 2.45) is 0 Å². The predicted octanol–water partition coefficient (Wildman–Crippen LogP) is 3.13. The van der Waals surface area contributed by atoms with Crippen molar-refractivity contribution in [2.75, 3.05) is 19.5 Å². The first-order chi connectivity index (χ1) is 10.3. The Kier molecular flexibility index (Phi) is 4.15. The normalized spacial score (nSPS) is 17.3. The Morgan fingerprint density at radius 3 is 2.95 bits per heavy atom. The number of anilines is 1. The first-order valence-electron chi connectivity index (χ1n) is 7.44. The largest absolute Gasteiger partial charge is 0.378 e. The second-order valence-corrected chi connectivity index (χ2v) is 5.43. The van der Waals surface area contributed by atoms with Gasteiger partial charge in [-0.1, -0.05) is 24.3 Å². The van der Waals surface area contributed by atoms with Crippen molar-refractivity contribution in [3.05, 3.63) is 53.0 Å². The topological polar surface area (TPSA) is 47.0 Å². The Balaban J connectivity index is 2.02. The Labute approximate surface area is 125 Å². The van der Waals surface area contributed by atoms with Crippen molar-refractivity contribution < 1.29 is 4.74 Å². The van der Waals surface area contributed by atoms with Gasteiger partial charge in [0.25, 0.3) is 0 Å². The van der Waals surface area contributed by atoms with Gasteiger partial charge in [0.1, 0.15) is 11.6 Å². The highest BCUT2D eigenvalue weighted by atomic mass is 16.5. The third kappa shape index (κ3) is 2.90. The molecule has 0 radical (unpaired) electrons. The number of nitrogens with zero attached hydrogens (tertiary/aromatic N) is 2. The Morgan fingerprint density at radius 1 is 1.29 bits per heavy atom. The maximum absolute atomic E-state index is 5.22. The lowest BCUT2D eigenvalue weighted by Gasteiger charge is -2.25. The average Bonchev–Trinajstić information content (AvgIpc) is 2.54. The van der Waals surface area contributed by atoms with E-state index < -0.39 is 0 Å². The molecule has 1 aliphatic carbocycles. The van der Waals surface area contributed by atoms with E-state index in [1.165, 1.54) is 17.5 Å². The minimum atomic E-state index is 0.291. The van der Waals surface area contributed by atoms with Gasteiger partial charge in [-0.25, -0.2) is 9.97 Å². The zero-order valence-corrected chi connectivity index (χ0v) is 12.6. The van der Waals surface area contributed by atoms with Crippen LogP contribution in [0, 0.1) is 0 Å². The molecule has 0 saturated carbocycles. The molecular formula is C17H21N3O. The molecule has 4 nitrogen and oxygen atoms in total. The maximum atomic E-state index is 5.22. The van der Waals surface area contributed by atoms with Crippen LogP contribution >= 0.6 is 0 Å². The fourth-order valence-electron chi connectivity index (χ4n) is 3.05. The van der Waals surface area contributed by atoms with Crippen LogP contribution < -0.4 is 5.32 Å². The summed E-state index contributed by atoms with van der Waals surface area (Å²) in [6.45, 7) is 0.512. The van der Waals surface area contributed by atoms with Gasteiger partial charge in [0, 0.05) is 26.1 Å². The summed E-state index contributed by atoms with van der Waals surface area (Å²) in [5, 5.41) is 3.12. The number of fused-ring (bicyclic) bond motifs is 1. The number of aromatic nitrogens is 2. The summed E-state index contributed by atoms with van der Waals surface area (Å²) in [5.41, 5.74) is 3.73. The highest BCUT2D eigenvalue weighted by Gasteiger charge is 2.24. The summed E-state index contributed by atoms with van der Waals surface area (Å²) < 4.78 is 5.22. The number of methoxy groups -OCH3 is 1. The molecule has 1 aromatic carbocycles. The fourth-order valence-corrected chi connectivity index (χ4v) is 3.05. The van der Waals surface area contributed by atoms with Crippen LogP contribution in [0.15, 0.2) is 30.3 Å². The van der Waals surface area contributed by atoms with Crippen molar-refractivity contribution in [1.82, 2.24) is 9.97 Å². The molecule has 4 heteroatoms. The number of rotatable bonds is 4. The van der Waals surface area contributed by atoms with E-state index in [4.69, 9.17) is 9.72 Å².